The van der Waals surface area contributed by atoms with Gasteiger partial charge in [0, 0.05) is 31.7 Å². The molecule has 6 nitrogen and oxygen atoms in total. The van der Waals surface area contributed by atoms with Gasteiger partial charge in [-0.25, -0.2) is 0 Å². The third-order valence-electron chi connectivity index (χ3n) is 3.83. The molecule has 1 atom stereocenters. The molecule has 2 aliphatic rings. The van der Waals surface area contributed by atoms with Crippen molar-refractivity contribution in [2.75, 3.05) is 13.1 Å². The van der Waals surface area contributed by atoms with Crippen LogP contribution in [0.2, 0.25) is 0 Å². The van der Waals surface area contributed by atoms with Crippen molar-refractivity contribution in [2.24, 2.45) is 0 Å². The van der Waals surface area contributed by atoms with Gasteiger partial charge in [0.05, 0.1) is 6.04 Å². The number of aromatic nitrogens is 2. The smallest absolute Gasteiger partial charge is 0.272 e. The van der Waals surface area contributed by atoms with Crippen LogP contribution in [0.5, 0.6) is 0 Å². The largest absolute Gasteiger partial charge is 0.346 e. The van der Waals surface area contributed by atoms with Crippen LogP contribution in [0.4, 0.5) is 0 Å². The zero-order valence-electron chi connectivity index (χ0n) is 11.1. The summed E-state index contributed by atoms with van der Waals surface area (Å²) in [6.45, 7) is 4.15. The molecule has 0 bridgehead atoms. The number of nitrogens with one attached hydrogen (secondary N) is 1. The number of carbonyl (C=O) groups is 2. The number of nitrogens with zero attached hydrogens (tertiary/aromatic N) is 3. The van der Waals surface area contributed by atoms with Crippen molar-refractivity contribution in [3.8, 4) is 0 Å². The number of rotatable bonds is 3. The van der Waals surface area contributed by atoms with Crippen molar-refractivity contribution in [3.05, 3.63) is 17.5 Å². The summed E-state index contributed by atoms with van der Waals surface area (Å²) in [7, 11) is 0. The van der Waals surface area contributed by atoms with Crippen molar-refractivity contribution in [2.45, 2.75) is 38.8 Å². The predicted molar refractivity (Wildman–Crippen MR) is 68.7 cm³/mol. The summed E-state index contributed by atoms with van der Waals surface area (Å²) in [6, 6.07) is 1.77. The number of hydrogen-bond acceptors (Lipinski definition) is 3. The van der Waals surface area contributed by atoms with Crippen LogP contribution in [0.15, 0.2) is 6.07 Å². The van der Waals surface area contributed by atoms with E-state index in [1.807, 2.05) is 17.7 Å². The van der Waals surface area contributed by atoms with E-state index < -0.39 is 0 Å². The predicted octanol–water partition coefficient (Wildman–Crippen LogP) is 0.180. The van der Waals surface area contributed by atoms with Crippen molar-refractivity contribution in [3.63, 3.8) is 0 Å². The Morgan fingerprint density at radius 2 is 2.42 bits per heavy atom. The lowest BCUT2D eigenvalue weighted by molar-refractivity contribution is -0.127. The fraction of sp³-hybridized carbons (Fsp3) is 0.615. The average molecular weight is 262 g/mol. The first-order valence-corrected chi connectivity index (χ1v) is 6.82. The van der Waals surface area contributed by atoms with E-state index in [0.29, 0.717) is 25.2 Å². The molecule has 0 radical (unpaired) electrons. The first-order valence-electron chi connectivity index (χ1n) is 6.82. The van der Waals surface area contributed by atoms with Gasteiger partial charge in [-0.3, -0.25) is 14.3 Å². The molecule has 0 aromatic carbocycles. The van der Waals surface area contributed by atoms with E-state index >= 15 is 0 Å². The van der Waals surface area contributed by atoms with E-state index in [-0.39, 0.29) is 17.9 Å². The lowest BCUT2D eigenvalue weighted by atomic mass is 10.2. The van der Waals surface area contributed by atoms with Crippen LogP contribution < -0.4 is 5.32 Å². The molecular weight excluding hydrogens is 244 g/mol. The van der Waals surface area contributed by atoms with Crippen molar-refractivity contribution in [1.29, 1.82) is 0 Å². The molecule has 3 rings (SSSR count). The Hall–Kier alpha value is -1.85. The Morgan fingerprint density at radius 1 is 1.58 bits per heavy atom. The SMILES string of the molecule is CCN1CC(NC(=O)c2cc3n(n2)CCC3)CC1=O. The van der Waals surface area contributed by atoms with Crippen LogP contribution in [-0.2, 0) is 17.8 Å². The van der Waals surface area contributed by atoms with Gasteiger partial charge in [0.25, 0.3) is 5.91 Å². The molecule has 6 heteroatoms. The van der Waals surface area contributed by atoms with Gasteiger partial charge in [-0.05, 0) is 25.8 Å². The Bertz CT molecular complexity index is 501. The molecule has 0 spiro atoms. The maximum atomic E-state index is 12.1. The van der Waals surface area contributed by atoms with Crippen LogP contribution in [0.3, 0.4) is 0 Å². The first kappa shape index (κ1) is 12.2. The maximum Gasteiger partial charge on any atom is 0.272 e. The molecule has 1 N–H and O–H groups in total. The normalized spacial score (nSPS) is 21.8. The first-order chi connectivity index (χ1) is 9.17. The van der Waals surface area contributed by atoms with Crippen LogP contribution in [-0.4, -0.2) is 45.6 Å². The van der Waals surface area contributed by atoms with E-state index in [1.54, 1.807) is 4.90 Å². The average Bonchev–Trinajstić information content (AvgIpc) is 3.02. The van der Waals surface area contributed by atoms with Gasteiger partial charge in [0.2, 0.25) is 5.91 Å². The van der Waals surface area contributed by atoms with Crippen LogP contribution in [0, 0.1) is 0 Å². The molecule has 1 unspecified atom stereocenters. The van der Waals surface area contributed by atoms with Gasteiger partial charge < -0.3 is 10.2 Å². The standard InChI is InChI=1S/C13H18N4O2/c1-2-16-8-9(6-12(16)18)14-13(19)11-7-10-4-3-5-17(10)15-11/h7,9H,2-6,8H2,1H3,(H,14,19). The summed E-state index contributed by atoms with van der Waals surface area (Å²) in [5.41, 5.74) is 1.60. The topological polar surface area (TPSA) is 67.2 Å². The molecule has 1 aromatic rings. The zero-order valence-corrected chi connectivity index (χ0v) is 11.1. The molecule has 1 aromatic heterocycles. The minimum absolute atomic E-state index is 0.0866. The van der Waals surface area contributed by atoms with E-state index in [2.05, 4.69) is 10.4 Å². The number of amides is 2. The lowest BCUT2D eigenvalue weighted by Gasteiger charge is -2.14. The third-order valence-corrected chi connectivity index (χ3v) is 3.83. The van der Waals surface area contributed by atoms with E-state index in [4.69, 9.17) is 0 Å². The van der Waals surface area contributed by atoms with Crippen molar-refractivity contribution < 1.29 is 9.59 Å². The molecule has 3 heterocycles. The maximum absolute atomic E-state index is 12.1. The molecule has 1 saturated heterocycles. The fourth-order valence-electron chi connectivity index (χ4n) is 2.80. The number of carbonyl (C=O) groups excluding carboxylic acids is 2. The summed E-state index contributed by atoms with van der Waals surface area (Å²) in [5.74, 6) is -0.0576. The van der Waals surface area contributed by atoms with Crippen molar-refractivity contribution in [1.82, 2.24) is 20.0 Å². The molecule has 102 valence electrons. The number of likely N-dealkylation sites (N-methyl/N-ethyl adjacent to an activating group) is 1. The summed E-state index contributed by atoms with van der Waals surface area (Å²) in [4.78, 5) is 25.5. The Balaban J connectivity index is 1.64. The summed E-state index contributed by atoms with van der Waals surface area (Å²) < 4.78 is 1.90. The highest BCUT2D eigenvalue weighted by atomic mass is 16.2. The molecule has 1 fully saturated rings. The van der Waals surface area contributed by atoms with Crippen LogP contribution in [0.1, 0.15) is 35.9 Å². The number of likely N-dealkylation sites (tertiary alicyclic amines) is 1. The molecular formula is C13H18N4O2. The highest BCUT2D eigenvalue weighted by Crippen LogP contribution is 2.16. The van der Waals surface area contributed by atoms with Gasteiger partial charge >= 0.3 is 0 Å². The monoisotopic (exact) mass is 262 g/mol. The lowest BCUT2D eigenvalue weighted by Crippen LogP contribution is -2.37. The number of hydrogen-bond donors (Lipinski definition) is 1. The molecule has 2 amide bonds. The third kappa shape index (κ3) is 2.22. The zero-order chi connectivity index (χ0) is 13.4. The minimum Gasteiger partial charge on any atom is -0.346 e. The van der Waals surface area contributed by atoms with Gasteiger partial charge in [-0.1, -0.05) is 0 Å². The molecule has 19 heavy (non-hydrogen) atoms. The second kappa shape index (κ2) is 4.68. The number of fused-ring (bicyclic) bond motifs is 1. The summed E-state index contributed by atoms with van der Waals surface area (Å²) >= 11 is 0. The minimum atomic E-state index is -0.169. The highest BCUT2D eigenvalue weighted by Gasteiger charge is 2.30. The van der Waals surface area contributed by atoms with Gasteiger partial charge in [-0.15, -0.1) is 0 Å². The van der Waals surface area contributed by atoms with E-state index in [0.717, 1.165) is 25.1 Å². The van der Waals surface area contributed by atoms with Crippen molar-refractivity contribution >= 4 is 11.8 Å². The second-order valence-electron chi connectivity index (χ2n) is 5.15. The number of aryl methyl sites for hydroxylation is 2. The van der Waals surface area contributed by atoms with Gasteiger partial charge in [0.15, 0.2) is 0 Å². The quantitative estimate of drug-likeness (QED) is 0.845. The second-order valence-corrected chi connectivity index (χ2v) is 5.15. The Labute approximate surface area is 111 Å². The van der Waals surface area contributed by atoms with Gasteiger partial charge in [-0.2, -0.15) is 5.10 Å². The van der Waals surface area contributed by atoms with Crippen LogP contribution in [0.25, 0.3) is 0 Å². The fourth-order valence-corrected chi connectivity index (χ4v) is 2.80. The molecule has 0 aliphatic carbocycles. The van der Waals surface area contributed by atoms with E-state index in [1.165, 1.54) is 0 Å². The molecule has 2 aliphatic heterocycles. The van der Waals surface area contributed by atoms with Crippen LogP contribution >= 0.6 is 0 Å². The Morgan fingerprint density at radius 3 is 3.11 bits per heavy atom. The van der Waals surface area contributed by atoms with Gasteiger partial charge in [0.1, 0.15) is 5.69 Å². The van der Waals surface area contributed by atoms with E-state index in [9.17, 15) is 9.59 Å². The highest BCUT2D eigenvalue weighted by molar-refractivity contribution is 5.93. The Kier molecular flexibility index (Phi) is 3.00. The summed E-state index contributed by atoms with van der Waals surface area (Å²) in [5, 5.41) is 7.20. The molecule has 0 saturated carbocycles. The summed E-state index contributed by atoms with van der Waals surface area (Å²) in [6.07, 6.45) is 2.49.